The zero-order valence-electron chi connectivity index (χ0n) is 15.2. The molecule has 1 atom stereocenters. The molecule has 2 aromatic rings. The molecule has 4 nitrogen and oxygen atoms in total. The second kappa shape index (κ2) is 8.29. The standard InChI is InChI=1S/C21H22F2N2O2/c1-14-4-9-19(18(23)11-14)24-21(27)16-3-2-10-25(13-16)20(26)12-15-5-7-17(22)8-6-15/h4-9,11,16H,2-3,10,12-13H2,1H3,(H,24,27). The van der Waals surface area contributed by atoms with Crippen LogP contribution in [0.3, 0.4) is 0 Å². The Morgan fingerprint density at radius 3 is 2.59 bits per heavy atom. The zero-order chi connectivity index (χ0) is 19.4. The summed E-state index contributed by atoms with van der Waals surface area (Å²) in [5.74, 6) is -1.57. The third-order valence-corrected chi connectivity index (χ3v) is 4.80. The predicted molar refractivity (Wildman–Crippen MR) is 99.2 cm³/mol. The van der Waals surface area contributed by atoms with Crippen LogP contribution in [0.25, 0.3) is 0 Å². The summed E-state index contributed by atoms with van der Waals surface area (Å²) in [5, 5.41) is 2.63. The lowest BCUT2D eigenvalue weighted by Crippen LogP contribution is -2.44. The minimum Gasteiger partial charge on any atom is -0.342 e. The van der Waals surface area contributed by atoms with Gasteiger partial charge in [-0.2, -0.15) is 0 Å². The number of hydrogen-bond acceptors (Lipinski definition) is 2. The van der Waals surface area contributed by atoms with Crippen LogP contribution in [-0.4, -0.2) is 29.8 Å². The van der Waals surface area contributed by atoms with Crippen molar-refractivity contribution in [3.63, 3.8) is 0 Å². The molecule has 142 valence electrons. The van der Waals surface area contributed by atoms with Gasteiger partial charge in [-0.25, -0.2) is 8.78 Å². The van der Waals surface area contributed by atoms with Crippen molar-refractivity contribution in [2.45, 2.75) is 26.2 Å². The van der Waals surface area contributed by atoms with Gasteiger partial charge in [-0.3, -0.25) is 9.59 Å². The fraction of sp³-hybridized carbons (Fsp3) is 0.333. The van der Waals surface area contributed by atoms with Crippen LogP contribution in [0.1, 0.15) is 24.0 Å². The van der Waals surface area contributed by atoms with Gasteiger partial charge >= 0.3 is 0 Å². The molecule has 2 amide bonds. The number of piperidine rings is 1. The second-order valence-electron chi connectivity index (χ2n) is 6.95. The van der Waals surface area contributed by atoms with E-state index < -0.39 is 5.82 Å². The highest BCUT2D eigenvalue weighted by Gasteiger charge is 2.28. The Bertz CT molecular complexity index is 837. The molecule has 0 bridgehead atoms. The number of amides is 2. The zero-order valence-corrected chi connectivity index (χ0v) is 15.2. The number of nitrogens with zero attached hydrogens (tertiary/aromatic N) is 1. The summed E-state index contributed by atoms with van der Waals surface area (Å²) < 4.78 is 26.9. The van der Waals surface area contributed by atoms with Crippen molar-refractivity contribution in [3.05, 3.63) is 65.2 Å². The third kappa shape index (κ3) is 4.90. The molecule has 2 aromatic carbocycles. The predicted octanol–water partition coefficient (Wildman–Crippen LogP) is 3.69. The molecule has 0 saturated carbocycles. The average Bonchev–Trinajstić information content (AvgIpc) is 2.66. The molecule has 3 rings (SSSR count). The van der Waals surface area contributed by atoms with Gasteiger partial charge in [-0.15, -0.1) is 0 Å². The Morgan fingerprint density at radius 2 is 1.89 bits per heavy atom. The molecule has 0 aliphatic carbocycles. The van der Waals surface area contributed by atoms with E-state index in [1.807, 2.05) is 0 Å². The molecular formula is C21H22F2N2O2. The first-order valence-electron chi connectivity index (χ1n) is 9.01. The first-order chi connectivity index (χ1) is 12.9. The molecule has 1 aliphatic rings. The van der Waals surface area contributed by atoms with Crippen LogP contribution < -0.4 is 5.32 Å². The summed E-state index contributed by atoms with van der Waals surface area (Å²) in [4.78, 5) is 26.7. The first kappa shape index (κ1) is 19.0. The quantitative estimate of drug-likeness (QED) is 0.890. The van der Waals surface area contributed by atoms with E-state index in [4.69, 9.17) is 0 Å². The van der Waals surface area contributed by atoms with Gasteiger partial charge in [0.2, 0.25) is 11.8 Å². The minimum absolute atomic E-state index is 0.0966. The van der Waals surface area contributed by atoms with E-state index in [1.165, 1.54) is 18.2 Å². The van der Waals surface area contributed by atoms with Crippen molar-refractivity contribution in [1.29, 1.82) is 0 Å². The highest BCUT2D eigenvalue weighted by molar-refractivity contribution is 5.93. The van der Waals surface area contributed by atoms with E-state index in [0.717, 1.165) is 11.1 Å². The molecule has 0 spiro atoms. The van der Waals surface area contributed by atoms with Crippen molar-refractivity contribution in [2.75, 3.05) is 18.4 Å². The largest absolute Gasteiger partial charge is 0.342 e. The minimum atomic E-state index is -0.469. The molecule has 0 radical (unpaired) electrons. The van der Waals surface area contributed by atoms with Crippen LogP contribution in [0.4, 0.5) is 14.5 Å². The number of nitrogens with one attached hydrogen (secondary N) is 1. The lowest BCUT2D eigenvalue weighted by atomic mass is 9.96. The Kier molecular flexibility index (Phi) is 5.84. The van der Waals surface area contributed by atoms with E-state index in [-0.39, 0.29) is 35.7 Å². The molecule has 27 heavy (non-hydrogen) atoms. The van der Waals surface area contributed by atoms with E-state index in [0.29, 0.717) is 25.9 Å². The van der Waals surface area contributed by atoms with Gasteiger partial charge < -0.3 is 10.2 Å². The SMILES string of the molecule is Cc1ccc(NC(=O)C2CCCN(C(=O)Cc3ccc(F)cc3)C2)c(F)c1. The van der Waals surface area contributed by atoms with Crippen LogP contribution >= 0.6 is 0 Å². The monoisotopic (exact) mass is 372 g/mol. The first-order valence-corrected chi connectivity index (χ1v) is 9.01. The molecule has 1 heterocycles. The number of anilines is 1. The fourth-order valence-electron chi connectivity index (χ4n) is 3.26. The molecule has 1 aliphatic heterocycles. The number of carbonyl (C=O) groups excluding carboxylic acids is 2. The molecule has 1 N–H and O–H groups in total. The topological polar surface area (TPSA) is 49.4 Å². The van der Waals surface area contributed by atoms with Crippen LogP contribution in [0.15, 0.2) is 42.5 Å². The summed E-state index contributed by atoms with van der Waals surface area (Å²) in [6.45, 7) is 2.67. The maximum atomic E-state index is 13.9. The van der Waals surface area contributed by atoms with Crippen LogP contribution in [0.5, 0.6) is 0 Å². The Hall–Kier alpha value is -2.76. The lowest BCUT2D eigenvalue weighted by molar-refractivity contribution is -0.133. The van der Waals surface area contributed by atoms with Gasteiger partial charge in [-0.1, -0.05) is 18.2 Å². The van der Waals surface area contributed by atoms with Gasteiger partial charge in [0.05, 0.1) is 18.0 Å². The summed E-state index contributed by atoms with van der Waals surface area (Å²) in [6, 6.07) is 10.5. The van der Waals surface area contributed by atoms with Gasteiger partial charge in [-0.05, 0) is 55.2 Å². The van der Waals surface area contributed by atoms with Gasteiger partial charge in [0, 0.05) is 13.1 Å². The fourth-order valence-corrected chi connectivity index (χ4v) is 3.26. The Balaban J connectivity index is 1.60. The third-order valence-electron chi connectivity index (χ3n) is 4.80. The number of carbonyl (C=O) groups is 2. The number of likely N-dealkylation sites (tertiary alicyclic amines) is 1. The second-order valence-corrected chi connectivity index (χ2v) is 6.95. The van der Waals surface area contributed by atoms with Crippen LogP contribution in [0, 0.1) is 24.5 Å². The Morgan fingerprint density at radius 1 is 1.15 bits per heavy atom. The normalized spacial score (nSPS) is 16.9. The lowest BCUT2D eigenvalue weighted by Gasteiger charge is -2.32. The smallest absolute Gasteiger partial charge is 0.229 e. The average molecular weight is 372 g/mol. The van der Waals surface area contributed by atoms with Crippen molar-refractivity contribution >= 4 is 17.5 Å². The van der Waals surface area contributed by atoms with E-state index in [9.17, 15) is 18.4 Å². The summed E-state index contributed by atoms with van der Waals surface area (Å²) in [5.41, 5.74) is 1.66. The van der Waals surface area contributed by atoms with Crippen LogP contribution in [0.2, 0.25) is 0 Å². The van der Waals surface area contributed by atoms with E-state index in [1.54, 1.807) is 36.1 Å². The summed E-state index contributed by atoms with van der Waals surface area (Å²) >= 11 is 0. The van der Waals surface area contributed by atoms with Crippen molar-refractivity contribution in [1.82, 2.24) is 4.90 Å². The maximum Gasteiger partial charge on any atom is 0.229 e. The molecule has 6 heteroatoms. The molecule has 1 saturated heterocycles. The van der Waals surface area contributed by atoms with Gasteiger partial charge in [0.15, 0.2) is 0 Å². The van der Waals surface area contributed by atoms with Gasteiger partial charge in [0.25, 0.3) is 0 Å². The van der Waals surface area contributed by atoms with Crippen molar-refractivity contribution < 1.29 is 18.4 Å². The van der Waals surface area contributed by atoms with E-state index >= 15 is 0 Å². The molecule has 0 aromatic heterocycles. The number of benzene rings is 2. The number of halogens is 2. The summed E-state index contributed by atoms with van der Waals surface area (Å²) in [6.07, 6.45) is 1.53. The van der Waals surface area contributed by atoms with Gasteiger partial charge in [0.1, 0.15) is 11.6 Å². The number of hydrogen-bond donors (Lipinski definition) is 1. The summed E-state index contributed by atoms with van der Waals surface area (Å²) in [7, 11) is 0. The molecular weight excluding hydrogens is 350 g/mol. The number of aryl methyl sites for hydroxylation is 1. The van der Waals surface area contributed by atoms with Crippen molar-refractivity contribution in [3.8, 4) is 0 Å². The Labute approximate surface area is 157 Å². The van der Waals surface area contributed by atoms with E-state index in [2.05, 4.69) is 5.32 Å². The highest BCUT2D eigenvalue weighted by atomic mass is 19.1. The highest BCUT2D eigenvalue weighted by Crippen LogP contribution is 2.21. The number of rotatable bonds is 4. The van der Waals surface area contributed by atoms with Crippen LogP contribution in [-0.2, 0) is 16.0 Å². The maximum absolute atomic E-state index is 13.9. The molecule has 1 unspecified atom stereocenters. The molecule has 1 fully saturated rings. The van der Waals surface area contributed by atoms with Crippen molar-refractivity contribution in [2.24, 2.45) is 5.92 Å².